The van der Waals surface area contributed by atoms with Crippen LogP contribution in [0.1, 0.15) is 0 Å². The van der Waals surface area contributed by atoms with Gasteiger partial charge in [0.15, 0.2) is 0 Å². The van der Waals surface area contributed by atoms with Crippen LogP contribution < -0.4 is 0 Å². The van der Waals surface area contributed by atoms with E-state index < -0.39 is 0 Å². The molecule has 0 atom stereocenters. The summed E-state index contributed by atoms with van der Waals surface area (Å²) >= 11 is 0. The summed E-state index contributed by atoms with van der Waals surface area (Å²) in [7, 11) is 0. The van der Waals surface area contributed by atoms with Crippen molar-refractivity contribution >= 4 is 45.1 Å². The lowest BCUT2D eigenvalue weighted by Crippen LogP contribution is -1.85. The molecule has 0 fully saturated rings. The van der Waals surface area contributed by atoms with Gasteiger partial charge in [0.05, 0.1) is 22.1 Å². The Hall–Kier alpha value is -1.19. The van der Waals surface area contributed by atoms with E-state index in [1.165, 1.54) is 0 Å². The molecule has 0 bridgehead atoms. The zero-order chi connectivity index (χ0) is 9.38. The summed E-state index contributed by atoms with van der Waals surface area (Å²) < 4.78 is 0. The van der Waals surface area contributed by atoms with E-state index in [0.29, 0.717) is 0 Å². The molecule has 0 aliphatic carbocycles. The SMILES string of the molecule is [Mg].c1ccc2nc3ccccc3nc2c1. The van der Waals surface area contributed by atoms with Gasteiger partial charge in [-0.2, -0.15) is 0 Å². The summed E-state index contributed by atoms with van der Waals surface area (Å²) in [6.45, 7) is 0. The highest BCUT2D eigenvalue weighted by Crippen LogP contribution is 2.14. The molecule has 2 aromatic carbocycles. The van der Waals surface area contributed by atoms with Crippen LogP contribution in [0.3, 0.4) is 0 Å². The molecule has 0 amide bonds. The van der Waals surface area contributed by atoms with Gasteiger partial charge in [-0.25, -0.2) is 9.97 Å². The number of benzene rings is 2. The average Bonchev–Trinajstić information content (AvgIpc) is 2.26. The maximum atomic E-state index is 4.52. The molecule has 0 saturated heterocycles. The van der Waals surface area contributed by atoms with Gasteiger partial charge in [-0.15, -0.1) is 0 Å². The van der Waals surface area contributed by atoms with E-state index in [-0.39, 0.29) is 23.1 Å². The van der Waals surface area contributed by atoms with Gasteiger partial charge in [-0.05, 0) is 24.3 Å². The van der Waals surface area contributed by atoms with Crippen molar-refractivity contribution < 1.29 is 0 Å². The molecule has 0 aliphatic heterocycles. The molecule has 3 heteroatoms. The van der Waals surface area contributed by atoms with Crippen LogP contribution in [0.5, 0.6) is 0 Å². The smallest absolute Gasteiger partial charge is 0.0894 e. The summed E-state index contributed by atoms with van der Waals surface area (Å²) in [6.07, 6.45) is 0. The molecule has 0 aliphatic rings. The summed E-state index contributed by atoms with van der Waals surface area (Å²) in [5.41, 5.74) is 3.80. The van der Waals surface area contributed by atoms with E-state index in [1.54, 1.807) is 0 Å². The summed E-state index contributed by atoms with van der Waals surface area (Å²) in [5.74, 6) is 0. The zero-order valence-corrected chi connectivity index (χ0v) is 9.63. The van der Waals surface area contributed by atoms with Crippen LogP contribution in [0.25, 0.3) is 22.1 Å². The molecular formula is C12H8MgN2. The molecule has 3 rings (SSSR count). The Balaban J connectivity index is 0.000000853. The third-order valence-electron chi connectivity index (χ3n) is 2.25. The second kappa shape index (κ2) is 4.12. The van der Waals surface area contributed by atoms with Crippen molar-refractivity contribution in [3.8, 4) is 0 Å². The Morgan fingerprint density at radius 2 is 0.800 bits per heavy atom. The standard InChI is InChI=1S/C12H8N2.Mg/c1-2-6-10-9(5-1)13-11-7-3-4-8-12(11)14-10;/h1-8H;. The first-order chi connectivity index (χ1) is 6.93. The van der Waals surface area contributed by atoms with Crippen LogP contribution in [-0.4, -0.2) is 33.0 Å². The molecule has 2 radical (unpaired) electrons. The number of aromatic nitrogens is 2. The van der Waals surface area contributed by atoms with Crippen molar-refractivity contribution in [2.24, 2.45) is 0 Å². The minimum Gasteiger partial charge on any atom is -0.245 e. The zero-order valence-electron chi connectivity index (χ0n) is 8.22. The molecular weight excluding hydrogens is 196 g/mol. The van der Waals surface area contributed by atoms with Crippen molar-refractivity contribution in [3.05, 3.63) is 48.5 Å². The maximum Gasteiger partial charge on any atom is 0.0894 e. The van der Waals surface area contributed by atoms with Gasteiger partial charge < -0.3 is 0 Å². The van der Waals surface area contributed by atoms with Crippen molar-refractivity contribution in [3.63, 3.8) is 0 Å². The Morgan fingerprint density at radius 1 is 0.533 bits per heavy atom. The molecule has 1 aromatic heterocycles. The van der Waals surface area contributed by atoms with Gasteiger partial charge in [0.25, 0.3) is 0 Å². The minimum atomic E-state index is 0. The summed E-state index contributed by atoms with van der Waals surface area (Å²) in [4.78, 5) is 9.03. The van der Waals surface area contributed by atoms with Crippen LogP contribution in [0.4, 0.5) is 0 Å². The highest BCUT2D eigenvalue weighted by molar-refractivity contribution is 5.85. The van der Waals surface area contributed by atoms with Crippen LogP contribution in [0, 0.1) is 0 Å². The predicted molar refractivity (Wildman–Crippen MR) is 62.8 cm³/mol. The molecule has 15 heavy (non-hydrogen) atoms. The third kappa shape index (κ3) is 1.80. The van der Waals surface area contributed by atoms with E-state index in [9.17, 15) is 0 Å². The average molecular weight is 205 g/mol. The Morgan fingerprint density at radius 3 is 1.07 bits per heavy atom. The van der Waals surface area contributed by atoms with Gasteiger partial charge in [0.2, 0.25) is 0 Å². The molecule has 0 unspecified atom stereocenters. The number of rotatable bonds is 0. The van der Waals surface area contributed by atoms with E-state index in [2.05, 4.69) is 9.97 Å². The number of hydrogen-bond donors (Lipinski definition) is 0. The van der Waals surface area contributed by atoms with Crippen molar-refractivity contribution in [1.82, 2.24) is 9.97 Å². The fraction of sp³-hybridized carbons (Fsp3) is 0. The summed E-state index contributed by atoms with van der Waals surface area (Å²) in [5, 5.41) is 0. The Labute approximate surface area is 104 Å². The lowest BCUT2D eigenvalue weighted by molar-refractivity contribution is 1.39. The Kier molecular flexibility index (Phi) is 2.84. The number of fused-ring (bicyclic) bond motifs is 2. The predicted octanol–water partition coefficient (Wildman–Crippen LogP) is 2.40. The fourth-order valence-corrected chi connectivity index (χ4v) is 1.57. The topological polar surface area (TPSA) is 25.8 Å². The van der Waals surface area contributed by atoms with E-state index in [1.807, 2.05) is 48.5 Å². The minimum absolute atomic E-state index is 0. The second-order valence-corrected chi connectivity index (χ2v) is 3.20. The van der Waals surface area contributed by atoms with E-state index in [4.69, 9.17) is 0 Å². The highest BCUT2D eigenvalue weighted by Gasteiger charge is 1.98. The highest BCUT2D eigenvalue weighted by atomic mass is 24.3. The van der Waals surface area contributed by atoms with E-state index in [0.717, 1.165) is 22.1 Å². The van der Waals surface area contributed by atoms with Gasteiger partial charge in [0.1, 0.15) is 0 Å². The van der Waals surface area contributed by atoms with Crippen LogP contribution in [0.15, 0.2) is 48.5 Å². The van der Waals surface area contributed by atoms with Gasteiger partial charge in [0, 0.05) is 23.1 Å². The number of para-hydroxylation sites is 4. The molecule has 3 aromatic rings. The van der Waals surface area contributed by atoms with Gasteiger partial charge in [-0.3, -0.25) is 0 Å². The van der Waals surface area contributed by atoms with Crippen LogP contribution in [-0.2, 0) is 0 Å². The number of hydrogen-bond acceptors (Lipinski definition) is 2. The Bertz CT molecular complexity index is 502. The number of nitrogens with zero attached hydrogens (tertiary/aromatic N) is 2. The monoisotopic (exact) mass is 204 g/mol. The first-order valence-corrected chi connectivity index (χ1v) is 4.55. The maximum absolute atomic E-state index is 4.52. The molecule has 0 saturated carbocycles. The molecule has 2 nitrogen and oxygen atoms in total. The van der Waals surface area contributed by atoms with Gasteiger partial charge in [-0.1, -0.05) is 24.3 Å². The molecule has 1 heterocycles. The fourth-order valence-electron chi connectivity index (χ4n) is 1.57. The lowest BCUT2D eigenvalue weighted by atomic mass is 10.2. The van der Waals surface area contributed by atoms with E-state index >= 15 is 0 Å². The first kappa shape index (κ1) is 10.3. The molecule has 0 spiro atoms. The second-order valence-electron chi connectivity index (χ2n) is 3.20. The molecule has 0 N–H and O–H groups in total. The van der Waals surface area contributed by atoms with Crippen molar-refractivity contribution in [2.75, 3.05) is 0 Å². The first-order valence-electron chi connectivity index (χ1n) is 4.55. The lowest BCUT2D eigenvalue weighted by Gasteiger charge is -1.98. The van der Waals surface area contributed by atoms with Crippen LogP contribution >= 0.6 is 0 Å². The van der Waals surface area contributed by atoms with Gasteiger partial charge >= 0.3 is 0 Å². The van der Waals surface area contributed by atoms with Crippen LogP contribution in [0.2, 0.25) is 0 Å². The quantitative estimate of drug-likeness (QED) is 0.415. The molecule has 68 valence electrons. The largest absolute Gasteiger partial charge is 0.245 e. The summed E-state index contributed by atoms with van der Waals surface area (Å²) in [6, 6.07) is 15.8. The van der Waals surface area contributed by atoms with Crippen molar-refractivity contribution in [1.29, 1.82) is 0 Å². The van der Waals surface area contributed by atoms with Crippen molar-refractivity contribution in [2.45, 2.75) is 0 Å². The third-order valence-corrected chi connectivity index (χ3v) is 2.25. The normalized spacial score (nSPS) is 10.1.